The van der Waals surface area contributed by atoms with Crippen molar-refractivity contribution in [3.8, 4) is 12.0 Å². The predicted molar refractivity (Wildman–Crippen MR) is 76.9 cm³/mol. The highest BCUT2D eigenvalue weighted by molar-refractivity contribution is 6.22. The number of nitrogens with zero attached hydrogens (tertiary/aromatic N) is 2. The van der Waals surface area contributed by atoms with Gasteiger partial charge in [-0.1, -0.05) is 12.1 Å². The van der Waals surface area contributed by atoms with Crippen LogP contribution in [0.5, 0.6) is 0 Å². The molecule has 0 saturated carbocycles. The molecule has 0 radical (unpaired) electrons. The summed E-state index contributed by atoms with van der Waals surface area (Å²) in [6.45, 7) is 0. The minimum atomic E-state index is -0.513. The first-order valence-electron chi connectivity index (χ1n) is 6.32. The fourth-order valence-electron chi connectivity index (χ4n) is 2.08. The Balaban J connectivity index is 1.88. The van der Waals surface area contributed by atoms with Crippen LogP contribution in [0.3, 0.4) is 0 Å². The number of non-ortho nitro benzene ring substituents is 1. The first-order chi connectivity index (χ1) is 10.6. The maximum Gasteiger partial charge on any atom is 0.273 e. The molecular formula is C16H8N2O4. The Hall–Kier alpha value is -3.46. The van der Waals surface area contributed by atoms with Gasteiger partial charge in [-0.3, -0.25) is 19.7 Å². The van der Waals surface area contributed by atoms with Gasteiger partial charge in [0.25, 0.3) is 17.5 Å². The Bertz CT molecular complexity index is 825. The molecule has 0 aliphatic carbocycles. The van der Waals surface area contributed by atoms with E-state index in [1.165, 1.54) is 24.3 Å². The molecule has 0 saturated heterocycles. The molecule has 0 spiro atoms. The van der Waals surface area contributed by atoms with Crippen molar-refractivity contribution in [3.05, 3.63) is 75.3 Å². The van der Waals surface area contributed by atoms with E-state index in [-0.39, 0.29) is 5.69 Å². The van der Waals surface area contributed by atoms with Crippen molar-refractivity contribution in [2.24, 2.45) is 0 Å². The Morgan fingerprint density at radius 3 is 1.95 bits per heavy atom. The van der Waals surface area contributed by atoms with Gasteiger partial charge in [0, 0.05) is 23.7 Å². The van der Waals surface area contributed by atoms with Crippen LogP contribution in [0.1, 0.15) is 26.3 Å². The lowest BCUT2D eigenvalue weighted by molar-refractivity contribution is -0.384. The maximum atomic E-state index is 12.1. The highest BCUT2D eigenvalue weighted by Gasteiger charge is 2.34. The van der Waals surface area contributed by atoms with Gasteiger partial charge in [0.05, 0.1) is 16.1 Å². The number of nitro groups is 1. The number of carbonyl (C=O) groups excluding carboxylic acids is 2. The second-order valence-electron chi connectivity index (χ2n) is 4.53. The Labute approximate surface area is 125 Å². The van der Waals surface area contributed by atoms with Crippen molar-refractivity contribution in [3.63, 3.8) is 0 Å². The van der Waals surface area contributed by atoms with Crippen LogP contribution >= 0.6 is 0 Å². The van der Waals surface area contributed by atoms with E-state index in [2.05, 4.69) is 12.0 Å². The lowest BCUT2D eigenvalue weighted by atomic mass is 10.1. The lowest BCUT2D eigenvalue weighted by Gasteiger charge is -2.02. The quantitative estimate of drug-likeness (QED) is 0.349. The van der Waals surface area contributed by atoms with E-state index >= 15 is 0 Å². The summed E-state index contributed by atoms with van der Waals surface area (Å²) in [6, 6.07) is 14.6. The molecular weight excluding hydrogens is 284 g/mol. The van der Waals surface area contributed by atoms with Gasteiger partial charge >= 0.3 is 0 Å². The maximum absolute atomic E-state index is 12.1. The number of nitro benzene ring substituents is 1. The van der Waals surface area contributed by atoms with Crippen molar-refractivity contribution in [2.45, 2.75) is 0 Å². The number of rotatable bonds is 1. The summed E-state index contributed by atoms with van der Waals surface area (Å²) in [7, 11) is 0. The van der Waals surface area contributed by atoms with Gasteiger partial charge in [0.1, 0.15) is 0 Å². The van der Waals surface area contributed by atoms with Gasteiger partial charge in [0.15, 0.2) is 0 Å². The fourth-order valence-corrected chi connectivity index (χ4v) is 2.08. The molecule has 0 aromatic heterocycles. The monoisotopic (exact) mass is 292 g/mol. The van der Waals surface area contributed by atoms with Crippen LogP contribution in [-0.4, -0.2) is 21.6 Å². The van der Waals surface area contributed by atoms with E-state index in [1.807, 2.05) is 0 Å². The number of imide groups is 1. The summed E-state index contributed by atoms with van der Waals surface area (Å²) in [5.74, 6) is 1.73. The Morgan fingerprint density at radius 1 is 0.909 bits per heavy atom. The van der Waals surface area contributed by atoms with Gasteiger partial charge < -0.3 is 0 Å². The molecule has 0 unspecified atom stereocenters. The molecule has 0 atom stereocenters. The highest BCUT2D eigenvalue weighted by Crippen LogP contribution is 2.21. The molecule has 2 amide bonds. The first kappa shape index (κ1) is 13.5. The number of hydrogen-bond donors (Lipinski definition) is 0. The molecule has 0 bridgehead atoms. The third-order valence-corrected chi connectivity index (χ3v) is 3.18. The SMILES string of the molecule is O=C1c2ccccc2C(=O)N1C#Cc1ccc([N+](=O)[O-])cc1. The van der Waals surface area contributed by atoms with Crippen LogP contribution in [0.25, 0.3) is 0 Å². The van der Waals surface area contributed by atoms with Crippen molar-refractivity contribution in [1.29, 1.82) is 0 Å². The van der Waals surface area contributed by atoms with Crippen molar-refractivity contribution < 1.29 is 14.5 Å². The van der Waals surface area contributed by atoms with E-state index < -0.39 is 16.7 Å². The van der Waals surface area contributed by atoms with Crippen LogP contribution in [-0.2, 0) is 0 Å². The number of hydrogen-bond acceptors (Lipinski definition) is 4. The molecule has 22 heavy (non-hydrogen) atoms. The molecule has 0 N–H and O–H groups in total. The molecule has 1 aliphatic heterocycles. The molecule has 106 valence electrons. The number of amides is 2. The Kier molecular flexibility index (Phi) is 3.16. The first-order valence-corrected chi connectivity index (χ1v) is 6.32. The molecule has 0 fully saturated rings. The van der Waals surface area contributed by atoms with Crippen LogP contribution in [0.15, 0.2) is 48.5 Å². The molecule has 2 aromatic carbocycles. The van der Waals surface area contributed by atoms with Gasteiger partial charge in [-0.05, 0) is 30.2 Å². The summed E-state index contributed by atoms with van der Waals surface area (Å²) in [4.78, 5) is 35.1. The largest absolute Gasteiger partial charge is 0.273 e. The van der Waals surface area contributed by atoms with Gasteiger partial charge in [-0.2, -0.15) is 4.90 Å². The predicted octanol–water partition coefficient (Wildman–Crippen LogP) is 2.20. The van der Waals surface area contributed by atoms with E-state index in [0.29, 0.717) is 16.7 Å². The van der Waals surface area contributed by atoms with Crippen molar-refractivity contribution in [2.75, 3.05) is 0 Å². The van der Waals surface area contributed by atoms with Gasteiger partial charge in [0.2, 0.25) is 0 Å². The molecule has 2 aromatic rings. The molecule has 3 rings (SSSR count). The average molecular weight is 292 g/mol. The Morgan fingerprint density at radius 2 is 1.45 bits per heavy atom. The minimum absolute atomic E-state index is 0.0497. The number of fused-ring (bicyclic) bond motifs is 1. The second kappa shape index (κ2) is 5.14. The molecule has 6 heteroatoms. The zero-order chi connectivity index (χ0) is 15.7. The number of carbonyl (C=O) groups is 2. The zero-order valence-electron chi connectivity index (χ0n) is 11.1. The zero-order valence-corrected chi connectivity index (χ0v) is 11.1. The molecule has 6 nitrogen and oxygen atoms in total. The van der Waals surface area contributed by atoms with E-state index in [9.17, 15) is 19.7 Å². The smallest absolute Gasteiger partial charge is 0.267 e. The van der Waals surface area contributed by atoms with E-state index in [1.54, 1.807) is 24.3 Å². The minimum Gasteiger partial charge on any atom is -0.267 e. The van der Waals surface area contributed by atoms with Crippen LogP contribution in [0, 0.1) is 22.1 Å². The normalized spacial score (nSPS) is 12.6. The van der Waals surface area contributed by atoms with Crippen LogP contribution in [0.2, 0.25) is 0 Å². The molecule has 1 aliphatic rings. The van der Waals surface area contributed by atoms with Gasteiger partial charge in [-0.25, -0.2) is 0 Å². The molecule has 1 heterocycles. The highest BCUT2D eigenvalue weighted by atomic mass is 16.6. The second-order valence-corrected chi connectivity index (χ2v) is 4.53. The van der Waals surface area contributed by atoms with Crippen molar-refractivity contribution >= 4 is 17.5 Å². The van der Waals surface area contributed by atoms with Gasteiger partial charge in [-0.15, -0.1) is 0 Å². The topological polar surface area (TPSA) is 80.5 Å². The third kappa shape index (κ3) is 2.21. The summed E-state index contributed by atoms with van der Waals surface area (Å²) in [6.07, 6.45) is 0. The summed E-state index contributed by atoms with van der Waals surface area (Å²) >= 11 is 0. The standard InChI is InChI=1S/C16H8N2O4/c19-15-13-3-1-2-4-14(13)16(20)17(15)10-9-11-5-7-12(8-6-11)18(21)22/h1-8H. The fraction of sp³-hybridized carbons (Fsp3) is 0. The van der Waals surface area contributed by atoms with Crippen LogP contribution in [0.4, 0.5) is 5.69 Å². The van der Waals surface area contributed by atoms with Crippen LogP contribution < -0.4 is 0 Å². The van der Waals surface area contributed by atoms with E-state index in [0.717, 1.165) is 4.90 Å². The summed E-state index contributed by atoms with van der Waals surface area (Å²) < 4.78 is 0. The lowest BCUT2D eigenvalue weighted by Crippen LogP contribution is -2.24. The summed E-state index contributed by atoms with van der Waals surface area (Å²) in [5.41, 5.74) is 1.07. The summed E-state index contributed by atoms with van der Waals surface area (Å²) in [5, 5.41) is 10.6. The third-order valence-electron chi connectivity index (χ3n) is 3.18. The number of benzene rings is 2. The van der Waals surface area contributed by atoms with Crippen molar-refractivity contribution in [1.82, 2.24) is 4.90 Å². The average Bonchev–Trinajstić information content (AvgIpc) is 2.78. The van der Waals surface area contributed by atoms with E-state index in [4.69, 9.17) is 0 Å².